The second-order valence-corrected chi connectivity index (χ2v) is 6.23. The Morgan fingerprint density at radius 3 is 2.77 bits per heavy atom. The van der Waals surface area contributed by atoms with Crippen molar-refractivity contribution in [2.24, 2.45) is 0 Å². The van der Waals surface area contributed by atoms with E-state index in [4.69, 9.17) is 0 Å². The Hall–Kier alpha value is -1.88. The van der Waals surface area contributed by atoms with E-state index in [-0.39, 0.29) is 18.4 Å². The van der Waals surface area contributed by atoms with Crippen molar-refractivity contribution < 1.29 is 14.5 Å². The van der Waals surface area contributed by atoms with Crippen molar-refractivity contribution in [3.63, 3.8) is 0 Å². The molecule has 0 bridgehead atoms. The number of amides is 2. The van der Waals surface area contributed by atoms with Gasteiger partial charge in [-0.3, -0.25) is 9.59 Å². The third kappa shape index (κ3) is 4.07. The Labute approximate surface area is 132 Å². The van der Waals surface area contributed by atoms with E-state index in [9.17, 15) is 9.59 Å². The number of hydrogen-bond donors (Lipinski definition) is 2. The Bertz CT molecular complexity index is 542. The SMILES string of the molecule is CN(C)C(=O)CNC(=O)C[NH+](C)[C@H]1CCCc2ccccc21. The number of likely N-dealkylation sites (N-methyl/N-ethyl adjacent to an activating group) is 2. The molecule has 1 aliphatic rings. The van der Waals surface area contributed by atoms with Crippen molar-refractivity contribution in [2.75, 3.05) is 34.2 Å². The molecule has 22 heavy (non-hydrogen) atoms. The summed E-state index contributed by atoms with van der Waals surface area (Å²) in [6.45, 7) is 0.458. The van der Waals surface area contributed by atoms with Crippen LogP contribution < -0.4 is 10.2 Å². The lowest BCUT2D eigenvalue weighted by molar-refractivity contribution is -0.905. The van der Waals surface area contributed by atoms with Crippen molar-refractivity contribution in [3.05, 3.63) is 35.4 Å². The van der Waals surface area contributed by atoms with E-state index in [0.29, 0.717) is 12.6 Å². The number of carbonyl (C=O) groups excluding carboxylic acids is 2. The summed E-state index contributed by atoms with van der Waals surface area (Å²) >= 11 is 0. The normalized spacial score (nSPS) is 18.2. The Morgan fingerprint density at radius 2 is 2.05 bits per heavy atom. The Balaban J connectivity index is 1.91. The summed E-state index contributed by atoms with van der Waals surface area (Å²) < 4.78 is 0. The molecule has 1 aromatic rings. The van der Waals surface area contributed by atoms with Crippen LogP contribution in [0.2, 0.25) is 0 Å². The molecule has 0 radical (unpaired) electrons. The molecule has 5 heteroatoms. The van der Waals surface area contributed by atoms with Gasteiger partial charge in [-0.25, -0.2) is 0 Å². The fraction of sp³-hybridized carbons (Fsp3) is 0.529. The summed E-state index contributed by atoms with van der Waals surface area (Å²) in [5.41, 5.74) is 2.77. The highest BCUT2D eigenvalue weighted by Crippen LogP contribution is 2.27. The summed E-state index contributed by atoms with van der Waals surface area (Å²) in [5, 5.41) is 2.71. The van der Waals surface area contributed by atoms with Gasteiger partial charge in [-0.1, -0.05) is 24.3 Å². The van der Waals surface area contributed by atoms with Crippen LogP contribution in [0.3, 0.4) is 0 Å². The van der Waals surface area contributed by atoms with Gasteiger partial charge in [0.2, 0.25) is 5.91 Å². The minimum absolute atomic E-state index is 0.0698. The fourth-order valence-corrected chi connectivity index (χ4v) is 3.04. The fourth-order valence-electron chi connectivity index (χ4n) is 3.04. The maximum absolute atomic E-state index is 12.0. The molecule has 5 nitrogen and oxygen atoms in total. The third-order valence-electron chi connectivity index (χ3n) is 4.34. The maximum Gasteiger partial charge on any atom is 0.275 e. The maximum atomic E-state index is 12.0. The molecule has 0 fully saturated rings. The molecule has 0 aliphatic heterocycles. The van der Waals surface area contributed by atoms with E-state index < -0.39 is 0 Å². The van der Waals surface area contributed by atoms with Crippen LogP contribution in [-0.2, 0) is 16.0 Å². The predicted octanol–water partition coefficient (Wildman–Crippen LogP) is -0.217. The lowest BCUT2D eigenvalue weighted by Gasteiger charge is -2.30. The number of rotatable bonds is 5. The van der Waals surface area contributed by atoms with Gasteiger partial charge in [0.15, 0.2) is 6.54 Å². The summed E-state index contributed by atoms with van der Waals surface area (Å²) in [6, 6.07) is 8.87. The molecule has 2 atom stereocenters. The molecule has 1 aliphatic carbocycles. The first kappa shape index (κ1) is 16.5. The van der Waals surface area contributed by atoms with Gasteiger partial charge >= 0.3 is 0 Å². The van der Waals surface area contributed by atoms with Gasteiger partial charge in [0.1, 0.15) is 6.04 Å². The van der Waals surface area contributed by atoms with Crippen molar-refractivity contribution in [3.8, 4) is 0 Å². The van der Waals surface area contributed by atoms with Gasteiger partial charge < -0.3 is 15.1 Å². The van der Waals surface area contributed by atoms with E-state index in [2.05, 4.69) is 36.6 Å². The highest BCUT2D eigenvalue weighted by atomic mass is 16.2. The van der Waals surface area contributed by atoms with Gasteiger partial charge in [0, 0.05) is 26.1 Å². The first-order valence-electron chi connectivity index (χ1n) is 7.86. The van der Waals surface area contributed by atoms with Crippen LogP contribution in [0.25, 0.3) is 0 Å². The molecule has 0 heterocycles. The summed E-state index contributed by atoms with van der Waals surface area (Å²) in [4.78, 5) is 26.2. The quantitative estimate of drug-likeness (QED) is 0.790. The summed E-state index contributed by atoms with van der Waals surface area (Å²) in [5.74, 6) is -0.162. The molecule has 2 rings (SSSR count). The zero-order valence-electron chi connectivity index (χ0n) is 13.7. The third-order valence-corrected chi connectivity index (χ3v) is 4.34. The smallest absolute Gasteiger partial charge is 0.275 e. The molecule has 2 amide bonds. The molecule has 120 valence electrons. The highest BCUT2D eigenvalue weighted by molar-refractivity contribution is 5.84. The number of quaternary nitrogens is 1. The first-order valence-corrected chi connectivity index (χ1v) is 7.86. The zero-order valence-corrected chi connectivity index (χ0v) is 13.7. The number of nitrogens with one attached hydrogen (secondary N) is 2. The van der Waals surface area contributed by atoms with E-state index in [1.54, 1.807) is 14.1 Å². The van der Waals surface area contributed by atoms with Gasteiger partial charge in [-0.05, 0) is 18.4 Å². The lowest BCUT2D eigenvalue weighted by Crippen LogP contribution is -3.10. The Morgan fingerprint density at radius 1 is 1.32 bits per heavy atom. The molecular formula is C17H26N3O2+. The van der Waals surface area contributed by atoms with Gasteiger partial charge in [0.05, 0.1) is 13.6 Å². The average molecular weight is 304 g/mol. The van der Waals surface area contributed by atoms with Crippen LogP contribution in [0, 0.1) is 0 Å². The van der Waals surface area contributed by atoms with Crippen LogP contribution in [0.5, 0.6) is 0 Å². The summed E-state index contributed by atoms with van der Waals surface area (Å²) in [6.07, 6.45) is 3.40. The standard InChI is InChI=1S/C17H25N3O2/c1-19(2)17(22)11-18-16(21)12-20(3)15-10-6-8-13-7-4-5-9-14(13)15/h4-5,7,9,15H,6,8,10-12H2,1-3H3,(H,18,21)/p+1/t15-/m0/s1. The molecule has 0 spiro atoms. The largest absolute Gasteiger partial charge is 0.347 e. The number of benzene rings is 1. The predicted molar refractivity (Wildman–Crippen MR) is 85.6 cm³/mol. The molecule has 0 saturated carbocycles. The highest BCUT2D eigenvalue weighted by Gasteiger charge is 2.27. The zero-order chi connectivity index (χ0) is 16.1. The monoisotopic (exact) mass is 304 g/mol. The molecule has 1 unspecified atom stereocenters. The Kier molecular flexibility index (Phi) is 5.55. The van der Waals surface area contributed by atoms with E-state index in [1.807, 2.05) is 0 Å². The number of aryl methyl sites for hydroxylation is 1. The topological polar surface area (TPSA) is 53.9 Å². The molecule has 0 saturated heterocycles. The summed E-state index contributed by atoms with van der Waals surface area (Å²) in [7, 11) is 5.43. The molecule has 1 aromatic carbocycles. The van der Waals surface area contributed by atoms with Gasteiger partial charge in [-0.15, -0.1) is 0 Å². The van der Waals surface area contributed by atoms with Crippen molar-refractivity contribution in [2.45, 2.75) is 25.3 Å². The van der Waals surface area contributed by atoms with Crippen LogP contribution in [0.15, 0.2) is 24.3 Å². The van der Waals surface area contributed by atoms with Crippen molar-refractivity contribution in [1.29, 1.82) is 0 Å². The average Bonchev–Trinajstić information content (AvgIpc) is 2.51. The van der Waals surface area contributed by atoms with Crippen molar-refractivity contribution >= 4 is 11.8 Å². The minimum atomic E-state index is -0.0889. The molecular weight excluding hydrogens is 278 g/mol. The molecule has 2 N–H and O–H groups in total. The second-order valence-electron chi connectivity index (χ2n) is 6.23. The second kappa shape index (κ2) is 7.40. The molecule has 0 aromatic heterocycles. The van der Waals surface area contributed by atoms with Crippen LogP contribution in [0.1, 0.15) is 30.0 Å². The first-order chi connectivity index (χ1) is 10.5. The van der Waals surface area contributed by atoms with E-state index >= 15 is 0 Å². The number of hydrogen-bond acceptors (Lipinski definition) is 2. The van der Waals surface area contributed by atoms with E-state index in [0.717, 1.165) is 12.8 Å². The van der Waals surface area contributed by atoms with Crippen LogP contribution >= 0.6 is 0 Å². The lowest BCUT2D eigenvalue weighted by atomic mass is 9.87. The number of nitrogens with zero attached hydrogens (tertiary/aromatic N) is 1. The van der Waals surface area contributed by atoms with E-state index in [1.165, 1.54) is 27.3 Å². The van der Waals surface area contributed by atoms with Crippen LogP contribution in [-0.4, -0.2) is 50.9 Å². The van der Waals surface area contributed by atoms with Crippen LogP contribution in [0.4, 0.5) is 0 Å². The van der Waals surface area contributed by atoms with Gasteiger partial charge in [0.25, 0.3) is 5.91 Å². The number of fused-ring (bicyclic) bond motifs is 1. The van der Waals surface area contributed by atoms with Gasteiger partial charge in [-0.2, -0.15) is 0 Å². The number of carbonyl (C=O) groups is 2. The van der Waals surface area contributed by atoms with Crippen molar-refractivity contribution in [1.82, 2.24) is 10.2 Å². The minimum Gasteiger partial charge on any atom is -0.347 e.